The second kappa shape index (κ2) is 8.41. The Balaban J connectivity index is 1.40. The van der Waals surface area contributed by atoms with Crippen LogP contribution < -0.4 is 5.32 Å². The van der Waals surface area contributed by atoms with Crippen molar-refractivity contribution in [3.63, 3.8) is 0 Å². The molecule has 2 aromatic carbocycles. The lowest BCUT2D eigenvalue weighted by atomic mass is 9.98. The van der Waals surface area contributed by atoms with Gasteiger partial charge in [0.1, 0.15) is 23.7 Å². The SMILES string of the molecule is CS(=O)(=O)c1cccc(C(=O)N2[C@@H](C(=O)NC(c3cc(F)c(C#N)cc3F)C3CC3)C[C@H]3C[C@H]32)c1. The summed E-state index contributed by atoms with van der Waals surface area (Å²) in [5, 5.41) is 11.8. The first kappa shape index (κ1) is 23.4. The quantitative estimate of drug-likeness (QED) is 0.657. The van der Waals surface area contributed by atoms with Gasteiger partial charge in [-0.05, 0) is 67.9 Å². The van der Waals surface area contributed by atoms with Crippen LogP contribution in [0.2, 0.25) is 0 Å². The Morgan fingerprint density at radius 1 is 1.14 bits per heavy atom. The third-order valence-corrected chi connectivity index (χ3v) is 8.19. The molecule has 2 aromatic rings. The summed E-state index contributed by atoms with van der Waals surface area (Å²) in [4.78, 5) is 28.2. The first-order valence-electron chi connectivity index (χ1n) is 11.4. The average Bonchev–Trinajstić information content (AvgIpc) is 3.75. The number of benzene rings is 2. The van der Waals surface area contributed by atoms with Crippen molar-refractivity contribution in [1.82, 2.24) is 10.2 Å². The van der Waals surface area contributed by atoms with Crippen LogP contribution in [0.25, 0.3) is 0 Å². The number of carbonyl (C=O) groups is 2. The molecule has 0 aromatic heterocycles. The fraction of sp³-hybridized carbons (Fsp3) is 0.400. The lowest BCUT2D eigenvalue weighted by Gasteiger charge is -2.29. The molecule has 1 saturated heterocycles. The summed E-state index contributed by atoms with van der Waals surface area (Å²) >= 11 is 0. The predicted molar refractivity (Wildman–Crippen MR) is 121 cm³/mol. The molecular weight excluding hydrogens is 476 g/mol. The number of amides is 2. The van der Waals surface area contributed by atoms with E-state index in [1.54, 1.807) is 6.07 Å². The number of hydrogen-bond donors (Lipinski definition) is 1. The van der Waals surface area contributed by atoms with Crippen LogP contribution in [-0.4, -0.2) is 43.5 Å². The van der Waals surface area contributed by atoms with E-state index in [1.165, 1.54) is 29.2 Å². The van der Waals surface area contributed by atoms with Gasteiger partial charge in [0.25, 0.3) is 5.91 Å². The lowest BCUT2D eigenvalue weighted by molar-refractivity contribution is -0.126. The van der Waals surface area contributed by atoms with E-state index < -0.39 is 50.9 Å². The van der Waals surface area contributed by atoms with Gasteiger partial charge in [-0.15, -0.1) is 0 Å². The molecule has 0 bridgehead atoms. The predicted octanol–water partition coefficient (Wildman–Crippen LogP) is 3.11. The maximum Gasteiger partial charge on any atom is 0.254 e. The molecule has 1 N–H and O–H groups in total. The summed E-state index contributed by atoms with van der Waals surface area (Å²) in [5.74, 6) is -2.39. The smallest absolute Gasteiger partial charge is 0.254 e. The number of nitriles is 1. The number of fused-ring (bicyclic) bond motifs is 1. The number of hydrogen-bond acceptors (Lipinski definition) is 5. The summed E-state index contributed by atoms with van der Waals surface area (Å²) in [6.45, 7) is 0. The van der Waals surface area contributed by atoms with Crippen LogP contribution in [0.15, 0.2) is 41.3 Å². The fourth-order valence-electron chi connectivity index (χ4n) is 5.01. The standard InChI is InChI=1S/C25H23F2N3O4S/c1-35(33,34)17-4-2-3-14(7-17)25(32)30-21-9-15(21)10-22(30)24(31)29-23(13-5-6-13)18-11-19(26)16(12-28)8-20(18)27/h2-4,7-8,11,13,15,21-23H,5-6,9-10H2,1H3,(H,29,31)/t15-,21-,22-,23?/m1/s1. The Morgan fingerprint density at radius 2 is 1.89 bits per heavy atom. The first-order valence-corrected chi connectivity index (χ1v) is 13.3. The fourth-order valence-corrected chi connectivity index (χ4v) is 5.67. The molecule has 182 valence electrons. The van der Waals surface area contributed by atoms with E-state index in [4.69, 9.17) is 5.26 Å². The topological polar surface area (TPSA) is 107 Å². The molecule has 1 unspecified atom stereocenters. The van der Waals surface area contributed by atoms with Gasteiger partial charge >= 0.3 is 0 Å². The zero-order valence-corrected chi connectivity index (χ0v) is 19.7. The van der Waals surface area contributed by atoms with Crippen LogP contribution in [0.4, 0.5) is 8.78 Å². The van der Waals surface area contributed by atoms with Crippen molar-refractivity contribution < 1.29 is 26.8 Å². The molecule has 35 heavy (non-hydrogen) atoms. The molecule has 0 spiro atoms. The highest BCUT2D eigenvalue weighted by Crippen LogP contribution is 2.49. The summed E-state index contributed by atoms with van der Waals surface area (Å²) in [5.41, 5.74) is -0.243. The molecule has 2 aliphatic carbocycles. The van der Waals surface area contributed by atoms with Gasteiger partial charge in [-0.2, -0.15) is 5.26 Å². The minimum Gasteiger partial charge on any atom is -0.347 e. The third kappa shape index (κ3) is 4.41. The second-order valence-corrected chi connectivity index (χ2v) is 11.6. The van der Waals surface area contributed by atoms with Crippen molar-refractivity contribution in [2.24, 2.45) is 11.8 Å². The average molecular weight is 500 g/mol. The number of rotatable bonds is 6. The van der Waals surface area contributed by atoms with Crippen molar-refractivity contribution in [2.45, 2.75) is 48.7 Å². The Kier molecular flexibility index (Phi) is 5.63. The molecule has 1 aliphatic heterocycles. The molecule has 10 heteroatoms. The second-order valence-electron chi connectivity index (χ2n) is 9.62. The van der Waals surface area contributed by atoms with Crippen LogP contribution >= 0.6 is 0 Å². The number of likely N-dealkylation sites (tertiary alicyclic amines) is 1. The highest BCUT2D eigenvalue weighted by molar-refractivity contribution is 7.90. The largest absolute Gasteiger partial charge is 0.347 e. The monoisotopic (exact) mass is 499 g/mol. The third-order valence-electron chi connectivity index (χ3n) is 7.08. The van der Waals surface area contributed by atoms with Crippen molar-refractivity contribution in [2.75, 3.05) is 6.26 Å². The maximum atomic E-state index is 14.7. The van der Waals surface area contributed by atoms with E-state index >= 15 is 0 Å². The van der Waals surface area contributed by atoms with Crippen LogP contribution in [0.3, 0.4) is 0 Å². The van der Waals surface area contributed by atoms with Gasteiger partial charge in [0.2, 0.25) is 5.91 Å². The van der Waals surface area contributed by atoms with Crippen molar-refractivity contribution in [3.8, 4) is 6.07 Å². The Hall–Kier alpha value is -3.32. The van der Waals surface area contributed by atoms with E-state index in [1.807, 2.05) is 0 Å². The summed E-state index contributed by atoms with van der Waals surface area (Å²) in [7, 11) is -3.51. The van der Waals surface area contributed by atoms with Crippen molar-refractivity contribution in [1.29, 1.82) is 5.26 Å². The molecular formula is C25H23F2N3O4S. The molecule has 0 radical (unpaired) electrons. The lowest BCUT2D eigenvalue weighted by Crippen LogP contribution is -2.49. The summed E-state index contributed by atoms with van der Waals surface area (Å²) < 4.78 is 52.8. The normalized spacial score (nSPS) is 23.8. The van der Waals surface area contributed by atoms with Gasteiger partial charge < -0.3 is 10.2 Å². The number of carbonyl (C=O) groups excluding carboxylic acids is 2. The Labute approximate surface area is 201 Å². The highest BCUT2D eigenvalue weighted by Gasteiger charge is 2.56. The van der Waals surface area contributed by atoms with Gasteiger partial charge in [-0.25, -0.2) is 17.2 Å². The van der Waals surface area contributed by atoms with Crippen LogP contribution in [-0.2, 0) is 14.6 Å². The zero-order chi connectivity index (χ0) is 25.1. The molecule has 2 amide bonds. The summed E-state index contributed by atoms with van der Waals surface area (Å²) in [6, 6.07) is 7.46. The van der Waals surface area contributed by atoms with Gasteiger partial charge in [0.05, 0.1) is 16.5 Å². The summed E-state index contributed by atoms with van der Waals surface area (Å²) in [6.07, 6.45) is 3.76. The molecule has 3 fully saturated rings. The highest BCUT2D eigenvalue weighted by atomic mass is 32.2. The molecule has 4 atom stereocenters. The minimum absolute atomic E-state index is 0.0146. The van der Waals surface area contributed by atoms with Crippen LogP contribution in [0, 0.1) is 34.8 Å². The Morgan fingerprint density at radius 3 is 2.54 bits per heavy atom. The van der Waals surface area contributed by atoms with E-state index in [-0.39, 0.29) is 33.9 Å². The van der Waals surface area contributed by atoms with Gasteiger partial charge in [0.15, 0.2) is 9.84 Å². The molecule has 2 saturated carbocycles. The van der Waals surface area contributed by atoms with Gasteiger partial charge in [-0.3, -0.25) is 9.59 Å². The number of nitrogens with one attached hydrogen (secondary N) is 1. The Bertz CT molecular complexity index is 1380. The zero-order valence-electron chi connectivity index (χ0n) is 18.9. The van der Waals surface area contributed by atoms with E-state index in [9.17, 15) is 26.8 Å². The van der Waals surface area contributed by atoms with Crippen LogP contribution in [0.5, 0.6) is 0 Å². The van der Waals surface area contributed by atoms with Gasteiger partial charge in [0, 0.05) is 23.4 Å². The molecule has 1 heterocycles. The van der Waals surface area contributed by atoms with Crippen molar-refractivity contribution >= 4 is 21.7 Å². The number of sulfone groups is 1. The van der Waals surface area contributed by atoms with E-state index in [0.29, 0.717) is 6.42 Å². The number of halogens is 2. The first-order chi connectivity index (χ1) is 16.6. The van der Waals surface area contributed by atoms with Crippen LogP contribution in [0.1, 0.15) is 53.2 Å². The van der Waals surface area contributed by atoms with Gasteiger partial charge in [-0.1, -0.05) is 6.07 Å². The van der Waals surface area contributed by atoms with Crippen molar-refractivity contribution in [3.05, 3.63) is 64.7 Å². The molecule has 5 rings (SSSR count). The minimum atomic E-state index is -3.51. The molecule has 7 nitrogen and oxygen atoms in total. The maximum absolute atomic E-state index is 14.7. The number of piperidine rings is 1. The number of nitrogens with zero attached hydrogens (tertiary/aromatic N) is 2. The van der Waals surface area contributed by atoms with E-state index in [2.05, 4.69) is 5.32 Å². The van der Waals surface area contributed by atoms with E-state index in [0.717, 1.165) is 37.7 Å². The molecule has 3 aliphatic rings.